The standard InChI is InChI=1S/C18H24N2O2/c1-4-9-16(14(3)5-2)17(21)20-13-12-19(18(20)22)15-10-7-6-8-11-15/h5-8,10-11,14,16H,2,4,9,12-13H2,1,3H3. The Kier molecular flexibility index (Phi) is 5.36. The van der Waals surface area contributed by atoms with Crippen LogP contribution >= 0.6 is 0 Å². The average Bonchev–Trinajstić information content (AvgIpc) is 2.93. The van der Waals surface area contributed by atoms with Crippen molar-refractivity contribution in [3.05, 3.63) is 43.0 Å². The maximum absolute atomic E-state index is 12.8. The molecule has 1 aliphatic rings. The Morgan fingerprint density at radius 2 is 2.00 bits per heavy atom. The summed E-state index contributed by atoms with van der Waals surface area (Å²) in [6.45, 7) is 8.84. The Balaban J connectivity index is 2.14. The van der Waals surface area contributed by atoms with E-state index in [0.717, 1.165) is 18.5 Å². The van der Waals surface area contributed by atoms with Gasteiger partial charge in [0, 0.05) is 24.7 Å². The molecule has 0 bridgehead atoms. The number of amides is 3. The number of nitrogens with zero attached hydrogens (tertiary/aromatic N) is 2. The Morgan fingerprint density at radius 3 is 2.59 bits per heavy atom. The highest BCUT2D eigenvalue weighted by Crippen LogP contribution is 2.26. The fourth-order valence-corrected chi connectivity index (χ4v) is 2.88. The van der Waals surface area contributed by atoms with Crippen LogP contribution in [0.2, 0.25) is 0 Å². The first-order valence-electron chi connectivity index (χ1n) is 7.90. The van der Waals surface area contributed by atoms with Crippen LogP contribution in [0.3, 0.4) is 0 Å². The van der Waals surface area contributed by atoms with Gasteiger partial charge in [0.05, 0.1) is 0 Å². The van der Waals surface area contributed by atoms with Crippen LogP contribution in [0.15, 0.2) is 43.0 Å². The molecule has 0 radical (unpaired) electrons. The average molecular weight is 300 g/mol. The number of benzene rings is 1. The summed E-state index contributed by atoms with van der Waals surface area (Å²) in [5.74, 6) is -0.161. The Bertz CT molecular complexity index is 541. The summed E-state index contributed by atoms with van der Waals surface area (Å²) in [4.78, 5) is 28.4. The second-order valence-electron chi connectivity index (χ2n) is 5.75. The monoisotopic (exact) mass is 300 g/mol. The van der Waals surface area contributed by atoms with Gasteiger partial charge in [-0.2, -0.15) is 0 Å². The summed E-state index contributed by atoms with van der Waals surface area (Å²) in [7, 11) is 0. The number of imide groups is 1. The van der Waals surface area contributed by atoms with E-state index in [1.165, 1.54) is 4.90 Å². The van der Waals surface area contributed by atoms with E-state index in [2.05, 4.69) is 13.5 Å². The maximum Gasteiger partial charge on any atom is 0.331 e. The van der Waals surface area contributed by atoms with Crippen LogP contribution in [-0.4, -0.2) is 29.9 Å². The van der Waals surface area contributed by atoms with Crippen molar-refractivity contribution < 1.29 is 9.59 Å². The minimum atomic E-state index is -0.214. The summed E-state index contributed by atoms with van der Waals surface area (Å²) in [6, 6.07) is 9.27. The molecule has 0 aromatic heterocycles. The first-order chi connectivity index (χ1) is 10.6. The predicted molar refractivity (Wildman–Crippen MR) is 88.7 cm³/mol. The third-order valence-electron chi connectivity index (χ3n) is 4.27. The van der Waals surface area contributed by atoms with E-state index < -0.39 is 0 Å². The van der Waals surface area contributed by atoms with Crippen molar-refractivity contribution in [2.75, 3.05) is 18.0 Å². The lowest BCUT2D eigenvalue weighted by Crippen LogP contribution is -2.41. The molecule has 2 rings (SSSR count). The number of hydrogen-bond donors (Lipinski definition) is 0. The summed E-state index contributed by atoms with van der Waals surface area (Å²) < 4.78 is 0. The molecule has 3 amide bonds. The van der Waals surface area contributed by atoms with Gasteiger partial charge in [-0.05, 0) is 24.5 Å². The number of carbonyl (C=O) groups is 2. The third kappa shape index (κ3) is 3.21. The van der Waals surface area contributed by atoms with Crippen LogP contribution in [0.5, 0.6) is 0 Å². The van der Waals surface area contributed by atoms with Crippen LogP contribution in [0.4, 0.5) is 10.5 Å². The number of rotatable bonds is 6. The molecule has 2 unspecified atom stereocenters. The van der Waals surface area contributed by atoms with E-state index in [-0.39, 0.29) is 23.8 Å². The fraction of sp³-hybridized carbons (Fsp3) is 0.444. The van der Waals surface area contributed by atoms with Gasteiger partial charge in [0.1, 0.15) is 0 Å². The molecule has 0 saturated carbocycles. The van der Waals surface area contributed by atoms with Gasteiger partial charge in [-0.3, -0.25) is 14.6 Å². The number of anilines is 1. The molecule has 22 heavy (non-hydrogen) atoms. The topological polar surface area (TPSA) is 40.6 Å². The molecule has 2 atom stereocenters. The summed E-state index contributed by atoms with van der Waals surface area (Å²) >= 11 is 0. The van der Waals surface area contributed by atoms with Gasteiger partial charge in [0.2, 0.25) is 5.91 Å². The van der Waals surface area contributed by atoms with Crippen molar-refractivity contribution in [2.24, 2.45) is 11.8 Å². The highest BCUT2D eigenvalue weighted by molar-refractivity contribution is 6.05. The van der Waals surface area contributed by atoms with E-state index in [1.54, 1.807) is 11.0 Å². The van der Waals surface area contributed by atoms with Crippen LogP contribution in [0, 0.1) is 11.8 Å². The van der Waals surface area contributed by atoms with Crippen molar-refractivity contribution in [2.45, 2.75) is 26.7 Å². The van der Waals surface area contributed by atoms with Gasteiger partial charge in [0.15, 0.2) is 0 Å². The molecule has 1 aromatic carbocycles. The number of urea groups is 1. The van der Waals surface area contributed by atoms with E-state index in [0.29, 0.717) is 13.1 Å². The summed E-state index contributed by atoms with van der Waals surface area (Å²) in [6.07, 6.45) is 3.49. The van der Waals surface area contributed by atoms with Gasteiger partial charge < -0.3 is 0 Å². The second-order valence-corrected chi connectivity index (χ2v) is 5.75. The van der Waals surface area contributed by atoms with Crippen molar-refractivity contribution in [1.29, 1.82) is 0 Å². The SMILES string of the molecule is C=CC(C)C(CCC)C(=O)N1CCN(c2ccccc2)C1=O. The van der Waals surface area contributed by atoms with E-state index >= 15 is 0 Å². The molecule has 1 heterocycles. The molecule has 0 aliphatic carbocycles. The Morgan fingerprint density at radius 1 is 1.32 bits per heavy atom. The van der Waals surface area contributed by atoms with E-state index in [1.807, 2.05) is 37.3 Å². The molecule has 4 nitrogen and oxygen atoms in total. The molecule has 0 spiro atoms. The molecule has 1 aliphatic heterocycles. The van der Waals surface area contributed by atoms with Crippen molar-refractivity contribution in [1.82, 2.24) is 4.90 Å². The number of carbonyl (C=O) groups excluding carboxylic acids is 2. The van der Waals surface area contributed by atoms with Gasteiger partial charge >= 0.3 is 6.03 Å². The highest BCUT2D eigenvalue weighted by atomic mass is 16.2. The smallest absolute Gasteiger partial charge is 0.292 e. The van der Waals surface area contributed by atoms with Crippen LogP contribution in [0.1, 0.15) is 26.7 Å². The van der Waals surface area contributed by atoms with Gasteiger partial charge in [-0.1, -0.05) is 44.5 Å². The minimum absolute atomic E-state index is 0.0716. The quantitative estimate of drug-likeness (QED) is 0.752. The molecule has 4 heteroatoms. The summed E-state index contributed by atoms with van der Waals surface area (Å²) in [5.41, 5.74) is 0.839. The van der Waals surface area contributed by atoms with Crippen LogP contribution in [-0.2, 0) is 4.79 Å². The van der Waals surface area contributed by atoms with Crippen LogP contribution in [0.25, 0.3) is 0 Å². The predicted octanol–water partition coefficient (Wildman–Crippen LogP) is 3.69. The molecule has 1 saturated heterocycles. The molecule has 1 aromatic rings. The zero-order valence-corrected chi connectivity index (χ0v) is 13.4. The minimum Gasteiger partial charge on any atom is -0.292 e. The van der Waals surface area contributed by atoms with E-state index in [4.69, 9.17) is 0 Å². The number of para-hydroxylation sites is 1. The maximum atomic E-state index is 12.8. The zero-order chi connectivity index (χ0) is 16.1. The third-order valence-corrected chi connectivity index (χ3v) is 4.27. The normalized spacial score (nSPS) is 17.5. The first kappa shape index (κ1) is 16.3. The highest BCUT2D eigenvalue weighted by Gasteiger charge is 2.37. The van der Waals surface area contributed by atoms with Gasteiger partial charge in [0.25, 0.3) is 0 Å². The van der Waals surface area contributed by atoms with E-state index in [9.17, 15) is 9.59 Å². The molecule has 118 valence electrons. The Labute approximate surface area is 132 Å². The lowest BCUT2D eigenvalue weighted by molar-refractivity contribution is -0.133. The van der Waals surface area contributed by atoms with Crippen LogP contribution < -0.4 is 4.90 Å². The molecule has 0 N–H and O–H groups in total. The molecular formula is C18H24N2O2. The van der Waals surface area contributed by atoms with Crippen molar-refractivity contribution in [3.63, 3.8) is 0 Å². The molecular weight excluding hydrogens is 276 g/mol. The zero-order valence-electron chi connectivity index (χ0n) is 13.4. The van der Waals surface area contributed by atoms with Gasteiger partial charge in [-0.25, -0.2) is 4.79 Å². The Hall–Kier alpha value is -2.10. The molecule has 1 fully saturated rings. The lowest BCUT2D eigenvalue weighted by atomic mass is 9.89. The largest absolute Gasteiger partial charge is 0.331 e. The first-order valence-corrected chi connectivity index (χ1v) is 7.90. The fourth-order valence-electron chi connectivity index (χ4n) is 2.88. The second kappa shape index (κ2) is 7.25. The number of hydrogen-bond acceptors (Lipinski definition) is 2. The van der Waals surface area contributed by atoms with Gasteiger partial charge in [-0.15, -0.1) is 6.58 Å². The number of allylic oxidation sites excluding steroid dienone is 1. The lowest BCUT2D eigenvalue weighted by Gasteiger charge is -2.25. The van der Waals surface area contributed by atoms with Crippen molar-refractivity contribution >= 4 is 17.6 Å². The summed E-state index contributed by atoms with van der Waals surface area (Å²) in [5, 5.41) is 0. The van der Waals surface area contributed by atoms with Crippen molar-refractivity contribution in [3.8, 4) is 0 Å².